The van der Waals surface area contributed by atoms with Crippen molar-refractivity contribution in [2.24, 2.45) is 11.8 Å². The number of amides is 2. The maximum Gasteiger partial charge on any atom is 0.223 e. The number of carbonyl (C=O) groups is 2. The van der Waals surface area contributed by atoms with Gasteiger partial charge in [0.2, 0.25) is 11.8 Å². The Balaban J connectivity index is 1.38. The molecule has 0 atom stereocenters. The van der Waals surface area contributed by atoms with Gasteiger partial charge in [-0.1, -0.05) is 6.07 Å². The molecule has 6 nitrogen and oxygen atoms in total. The predicted molar refractivity (Wildman–Crippen MR) is 92.1 cm³/mol. The van der Waals surface area contributed by atoms with Gasteiger partial charge in [-0.2, -0.15) is 0 Å². The van der Waals surface area contributed by atoms with Crippen molar-refractivity contribution in [2.45, 2.75) is 38.8 Å². The largest absolute Gasteiger partial charge is 0.467 e. The van der Waals surface area contributed by atoms with Crippen molar-refractivity contribution in [1.82, 2.24) is 15.6 Å². The van der Waals surface area contributed by atoms with E-state index < -0.39 is 0 Å². The van der Waals surface area contributed by atoms with E-state index in [9.17, 15) is 9.59 Å². The highest BCUT2D eigenvalue weighted by Crippen LogP contribution is 2.29. The Kier molecular flexibility index (Phi) is 5.82. The SMILES string of the molecule is O=C(NCc1ccccn1)C1CCC(C(=O)NCc2ccco2)CC1. The second-order valence-corrected chi connectivity index (χ2v) is 6.38. The van der Waals surface area contributed by atoms with E-state index in [1.165, 1.54) is 0 Å². The van der Waals surface area contributed by atoms with Gasteiger partial charge in [-0.3, -0.25) is 14.6 Å². The molecule has 6 heteroatoms. The molecular weight excluding hydrogens is 318 g/mol. The Hall–Kier alpha value is -2.63. The molecule has 0 radical (unpaired) electrons. The Morgan fingerprint density at radius 2 is 1.64 bits per heavy atom. The third-order valence-corrected chi connectivity index (χ3v) is 4.66. The van der Waals surface area contributed by atoms with Crippen molar-refractivity contribution >= 4 is 11.8 Å². The molecule has 3 rings (SSSR count). The Morgan fingerprint density at radius 3 is 2.20 bits per heavy atom. The Morgan fingerprint density at radius 1 is 0.960 bits per heavy atom. The number of nitrogens with zero attached hydrogens (tertiary/aromatic N) is 1. The first kappa shape index (κ1) is 17.2. The third-order valence-electron chi connectivity index (χ3n) is 4.66. The van der Waals surface area contributed by atoms with Crippen molar-refractivity contribution in [2.75, 3.05) is 0 Å². The zero-order chi connectivity index (χ0) is 17.5. The van der Waals surface area contributed by atoms with Crippen LogP contribution < -0.4 is 10.6 Å². The van der Waals surface area contributed by atoms with Gasteiger partial charge in [0.25, 0.3) is 0 Å². The van der Waals surface area contributed by atoms with Crippen LogP contribution in [-0.2, 0) is 22.7 Å². The Labute approximate surface area is 147 Å². The molecule has 25 heavy (non-hydrogen) atoms. The minimum Gasteiger partial charge on any atom is -0.467 e. The van der Waals surface area contributed by atoms with Crippen molar-refractivity contribution in [3.05, 3.63) is 54.2 Å². The van der Waals surface area contributed by atoms with E-state index in [1.807, 2.05) is 24.3 Å². The molecule has 0 aliphatic heterocycles. The highest BCUT2D eigenvalue weighted by atomic mass is 16.3. The van der Waals surface area contributed by atoms with Gasteiger partial charge < -0.3 is 15.1 Å². The molecule has 1 aliphatic rings. The molecule has 0 saturated heterocycles. The van der Waals surface area contributed by atoms with Gasteiger partial charge in [0, 0.05) is 18.0 Å². The molecule has 0 unspecified atom stereocenters. The van der Waals surface area contributed by atoms with Crippen LogP contribution >= 0.6 is 0 Å². The second-order valence-electron chi connectivity index (χ2n) is 6.38. The summed E-state index contributed by atoms with van der Waals surface area (Å²) in [7, 11) is 0. The van der Waals surface area contributed by atoms with E-state index in [1.54, 1.807) is 18.5 Å². The van der Waals surface area contributed by atoms with Crippen molar-refractivity contribution in [3.63, 3.8) is 0 Å². The molecule has 2 amide bonds. The topological polar surface area (TPSA) is 84.2 Å². The molecule has 0 aromatic carbocycles. The minimum absolute atomic E-state index is 0.0159. The van der Waals surface area contributed by atoms with Crippen LogP contribution in [0.3, 0.4) is 0 Å². The van der Waals surface area contributed by atoms with Crippen LogP contribution in [0.25, 0.3) is 0 Å². The van der Waals surface area contributed by atoms with Gasteiger partial charge in [-0.15, -0.1) is 0 Å². The fourth-order valence-corrected chi connectivity index (χ4v) is 3.17. The number of furan rings is 1. The van der Waals surface area contributed by atoms with Gasteiger partial charge >= 0.3 is 0 Å². The molecular formula is C19H23N3O3. The normalized spacial score (nSPS) is 20.0. The number of pyridine rings is 1. The van der Waals surface area contributed by atoms with Crippen LogP contribution in [0.4, 0.5) is 0 Å². The summed E-state index contributed by atoms with van der Waals surface area (Å²) in [5, 5.41) is 5.85. The maximum absolute atomic E-state index is 12.3. The highest BCUT2D eigenvalue weighted by Gasteiger charge is 2.29. The summed E-state index contributed by atoms with van der Waals surface area (Å²) in [6.45, 7) is 0.861. The minimum atomic E-state index is -0.0187. The lowest BCUT2D eigenvalue weighted by atomic mass is 9.81. The molecule has 2 N–H and O–H groups in total. The van der Waals surface area contributed by atoms with Crippen molar-refractivity contribution in [1.29, 1.82) is 0 Å². The number of hydrogen-bond donors (Lipinski definition) is 2. The molecule has 0 bridgehead atoms. The van der Waals surface area contributed by atoms with Crippen LogP contribution in [0.1, 0.15) is 37.1 Å². The smallest absolute Gasteiger partial charge is 0.223 e. The van der Waals surface area contributed by atoms with E-state index in [4.69, 9.17) is 4.42 Å². The van der Waals surface area contributed by atoms with Crippen LogP contribution in [-0.4, -0.2) is 16.8 Å². The summed E-state index contributed by atoms with van der Waals surface area (Å²) in [6.07, 6.45) is 6.28. The van der Waals surface area contributed by atoms with Gasteiger partial charge in [0.05, 0.1) is 25.0 Å². The average molecular weight is 341 g/mol. The third kappa shape index (κ3) is 4.92. The lowest BCUT2D eigenvalue weighted by Gasteiger charge is -2.27. The highest BCUT2D eigenvalue weighted by molar-refractivity contribution is 5.81. The summed E-state index contributed by atoms with van der Waals surface area (Å²) < 4.78 is 5.21. The number of rotatable bonds is 6. The lowest BCUT2D eigenvalue weighted by molar-refractivity contribution is -0.130. The van der Waals surface area contributed by atoms with E-state index in [2.05, 4.69) is 15.6 Å². The van der Waals surface area contributed by atoms with Crippen LogP contribution in [0.5, 0.6) is 0 Å². The average Bonchev–Trinajstić information content (AvgIpc) is 3.19. The molecule has 1 saturated carbocycles. The molecule has 2 heterocycles. The number of nitrogens with one attached hydrogen (secondary N) is 2. The second kappa shape index (κ2) is 8.46. The molecule has 1 fully saturated rings. The van der Waals surface area contributed by atoms with E-state index >= 15 is 0 Å². The van der Waals surface area contributed by atoms with E-state index in [0.717, 1.165) is 37.1 Å². The summed E-state index contributed by atoms with van der Waals surface area (Å²) >= 11 is 0. The van der Waals surface area contributed by atoms with Crippen LogP contribution in [0, 0.1) is 11.8 Å². The lowest BCUT2D eigenvalue weighted by Crippen LogP contribution is -2.37. The van der Waals surface area contributed by atoms with E-state index in [-0.39, 0.29) is 23.7 Å². The zero-order valence-electron chi connectivity index (χ0n) is 14.1. The summed E-state index contributed by atoms with van der Waals surface area (Å²) in [5.74, 6) is 0.812. The molecule has 2 aromatic heterocycles. The van der Waals surface area contributed by atoms with Gasteiger partial charge in [0.15, 0.2) is 0 Å². The van der Waals surface area contributed by atoms with E-state index in [0.29, 0.717) is 13.1 Å². The molecule has 1 aliphatic carbocycles. The first-order valence-electron chi connectivity index (χ1n) is 8.70. The van der Waals surface area contributed by atoms with Crippen LogP contribution in [0.2, 0.25) is 0 Å². The fraction of sp³-hybridized carbons (Fsp3) is 0.421. The zero-order valence-corrected chi connectivity index (χ0v) is 14.1. The summed E-state index contributed by atoms with van der Waals surface area (Å²) in [5.41, 5.74) is 0.849. The van der Waals surface area contributed by atoms with Crippen molar-refractivity contribution < 1.29 is 14.0 Å². The van der Waals surface area contributed by atoms with Gasteiger partial charge in [0.1, 0.15) is 5.76 Å². The number of aromatic nitrogens is 1. The standard InChI is InChI=1S/C19H23N3O3/c23-18(21-12-16-4-1-2-10-20-16)14-6-8-15(9-7-14)19(24)22-13-17-5-3-11-25-17/h1-5,10-11,14-15H,6-9,12-13H2,(H,21,23)(H,22,24). The number of carbonyl (C=O) groups excluding carboxylic acids is 2. The Bertz CT molecular complexity index is 677. The summed E-state index contributed by atoms with van der Waals surface area (Å²) in [6, 6.07) is 9.28. The first-order valence-corrected chi connectivity index (χ1v) is 8.70. The van der Waals surface area contributed by atoms with Gasteiger partial charge in [-0.25, -0.2) is 0 Å². The molecule has 0 spiro atoms. The predicted octanol–water partition coefficient (Wildman–Crippen LogP) is 2.41. The first-order chi connectivity index (χ1) is 12.2. The summed E-state index contributed by atoms with van der Waals surface area (Å²) in [4.78, 5) is 28.7. The molecule has 132 valence electrons. The fourth-order valence-electron chi connectivity index (χ4n) is 3.17. The quantitative estimate of drug-likeness (QED) is 0.845. The van der Waals surface area contributed by atoms with Gasteiger partial charge in [-0.05, 0) is 49.9 Å². The number of hydrogen-bond acceptors (Lipinski definition) is 4. The van der Waals surface area contributed by atoms with Crippen molar-refractivity contribution in [3.8, 4) is 0 Å². The monoisotopic (exact) mass is 341 g/mol. The van der Waals surface area contributed by atoms with Crippen LogP contribution in [0.15, 0.2) is 47.2 Å². The maximum atomic E-state index is 12.3. The molecule has 2 aromatic rings.